The van der Waals surface area contributed by atoms with Gasteiger partial charge in [0.2, 0.25) is 0 Å². The SMILES string of the molecule is CCOC(=O)C1=C(C)NC(=O)NC1c1cc(COc2ccc(OC)cc2)c(C)cc1C. The number of carbonyl (C=O) groups excluding carboxylic acids is 2. The highest BCUT2D eigenvalue weighted by Gasteiger charge is 2.33. The van der Waals surface area contributed by atoms with Crippen molar-refractivity contribution in [2.75, 3.05) is 13.7 Å². The number of hydrogen-bond acceptors (Lipinski definition) is 5. The number of amides is 2. The molecule has 0 radical (unpaired) electrons. The summed E-state index contributed by atoms with van der Waals surface area (Å²) in [4.78, 5) is 24.8. The summed E-state index contributed by atoms with van der Waals surface area (Å²) < 4.78 is 16.4. The van der Waals surface area contributed by atoms with E-state index in [1.165, 1.54) is 0 Å². The topological polar surface area (TPSA) is 85.9 Å². The lowest BCUT2D eigenvalue weighted by atomic mass is 9.89. The molecule has 0 bridgehead atoms. The maximum atomic E-state index is 12.6. The van der Waals surface area contributed by atoms with E-state index in [1.54, 1.807) is 21.0 Å². The summed E-state index contributed by atoms with van der Waals surface area (Å²) in [5.74, 6) is 1.03. The van der Waals surface area contributed by atoms with Crippen molar-refractivity contribution in [3.63, 3.8) is 0 Å². The minimum Gasteiger partial charge on any atom is -0.497 e. The molecule has 1 heterocycles. The molecule has 1 aliphatic heterocycles. The average molecular weight is 424 g/mol. The van der Waals surface area contributed by atoms with Gasteiger partial charge in [0.1, 0.15) is 18.1 Å². The summed E-state index contributed by atoms with van der Waals surface area (Å²) in [6.07, 6.45) is 0. The third-order valence-electron chi connectivity index (χ3n) is 5.25. The van der Waals surface area contributed by atoms with Crippen LogP contribution < -0.4 is 20.1 Å². The quantitative estimate of drug-likeness (QED) is 0.654. The first kappa shape index (κ1) is 22.2. The smallest absolute Gasteiger partial charge is 0.338 e. The number of urea groups is 1. The third-order valence-corrected chi connectivity index (χ3v) is 5.25. The number of aryl methyl sites for hydroxylation is 2. The van der Waals surface area contributed by atoms with Crippen LogP contribution in [0.15, 0.2) is 47.7 Å². The van der Waals surface area contributed by atoms with Gasteiger partial charge in [0, 0.05) is 5.70 Å². The number of rotatable bonds is 7. The van der Waals surface area contributed by atoms with Gasteiger partial charge in [-0.3, -0.25) is 0 Å². The van der Waals surface area contributed by atoms with Gasteiger partial charge in [-0.05, 0) is 80.3 Å². The minimum atomic E-state index is -0.604. The lowest BCUT2D eigenvalue weighted by Gasteiger charge is -2.29. The molecule has 2 aromatic carbocycles. The van der Waals surface area contributed by atoms with Crippen LogP contribution in [0.4, 0.5) is 4.79 Å². The van der Waals surface area contributed by atoms with Crippen LogP contribution in [-0.4, -0.2) is 25.7 Å². The maximum absolute atomic E-state index is 12.6. The van der Waals surface area contributed by atoms with Crippen LogP contribution in [0.3, 0.4) is 0 Å². The molecule has 0 aliphatic carbocycles. The van der Waals surface area contributed by atoms with Gasteiger partial charge < -0.3 is 24.8 Å². The van der Waals surface area contributed by atoms with Crippen LogP contribution in [-0.2, 0) is 16.1 Å². The molecule has 0 fully saturated rings. The average Bonchev–Trinajstić information content (AvgIpc) is 2.73. The van der Waals surface area contributed by atoms with Crippen molar-refractivity contribution in [2.24, 2.45) is 0 Å². The molecule has 2 aromatic rings. The Balaban J connectivity index is 1.92. The van der Waals surface area contributed by atoms with Crippen molar-refractivity contribution >= 4 is 12.0 Å². The van der Waals surface area contributed by atoms with E-state index in [-0.39, 0.29) is 12.6 Å². The second-order valence-corrected chi connectivity index (χ2v) is 7.39. The molecular formula is C24H28N2O5. The maximum Gasteiger partial charge on any atom is 0.338 e. The van der Waals surface area contributed by atoms with E-state index >= 15 is 0 Å². The molecular weight excluding hydrogens is 396 g/mol. The third kappa shape index (κ3) is 4.99. The highest BCUT2D eigenvalue weighted by atomic mass is 16.5. The normalized spacial score (nSPS) is 15.8. The standard InChI is InChI=1S/C24H28N2O5/c1-6-30-23(27)21-16(4)25-24(28)26-22(21)20-12-17(14(2)11-15(20)3)13-31-19-9-7-18(29-5)8-10-19/h7-12,22H,6,13H2,1-5H3,(H2,25,26,28). The minimum absolute atomic E-state index is 0.254. The Morgan fingerprint density at radius 1 is 1.03 bits per heavy atom. The lowest BCUT2D eigenvalue weighted by molar-refractivity contribution is -0.139. The fourth-order valence-corrected chi connectivity index (χ4v) is 3.62. The number of methoxy groups -OCH3 is 1. The molecule has 3 rings (SSSR count). The van der Waals surface area contributed by atoms with Gasteiger partial charge in [0.05, 0.1) is 25.3 Å². The first-order valence-electron chi connectivity index (χ1n) is 10.2. The Morgan fingerprint density at radius 3 is 2.35 bits per heavy atom. The largest absolute Gasteiger partial charge is 0.497 e. The molecule has 7 heteroatoms. The second kappa shape index (κ2) is 9.55. The molecule has 0 spiro atoms. The van der Waals surface area contributed by atoms with Crippen molar-refractivity contribution in [3.05, 3.63) is 69.9 Å². The zero-order chi connectivity index (χ0) is 22.5. The molecule has 164 valence electrons. The van der Waals surface area contributed by atoms with Crippen LogP contribution >= 0.6 is 0 Å². The monoisotopic (exact) mass is 424 g/mol. The highest BCUT2D eigenvalue weighted by molar-refractivity contribution is 5.95. The molecule has 0 saturated carbocycles. The number of allylic oxidation sites excluding steroid dienone is 1. The van der Waals surface area contributed by atoms with E-state index < -0.39 is 12.0 Å². The first-order chi connectivity index (χ1) is 14.8. The summed E-state index contributed by atoms with van der Waals surface area (Å²) in [5, 5.41) is 5.53. The van der Waals surface area contributed by atoms with Gasteiger partial charge >= 0.3 is 12.0 Å². The van der Waals surface area contributed by atoms with Crippen LogP contribution in [0.1, 0.15) is 42.1 Å². The van der Waals surface area contributed by atoms with Crippen LogP contribution in [0, 0.1) is 13.8 Å². The predicted molar refractivity (Wildman–Crippen MR) is 117 cm³/mol. The summed E-state index contributed by atoms with van der Waals surface area (Å²) >= 11 is 0. The second-order valence-electron chi connectivity index (χ2n) is 7.39. The van der Waals surface area contributed by atoms with Crippen LogP contribution in [0.2, 0.25) is 0 Å². The van der Waals surface area contributed by atoms with E-state index in [9.17, 15) is 9.59 Å². The number of esters is 1. The van der Waals surface area contributed by atoms with Gasteiger partial charge in [-0.2, -0.15) is 0 Å². The Bertz CT molecular complexity index is 1010. The molecule has 7 nitrogen and oxygen atoms in total. The van der Waals surface area contributed by atoms with Crippen molar-refractivity contribution in [3.8, 4) is 11.5 Å². The van der Waals surface area contributed by atoms with Crippen LogP contribution in [0.5, 0.6) is 11.5 Å². The lowest BCUT2D eigenvalue weighted by Crippen LogP contribution is -2.45. The van der Waals surface area contributed by atoms with Gasteiger partial charge in [-0.1, -0.05) is 6.07 Å². The van der Waals surface area contributed by atoms with Gasteiger partial charge in [-0.25, -0.2) is 9.59 Å². The van der Waals surface area contributed by atoms with Gasteiger partial charge in [0.25, 0.3) is 0 Å². The molecule has 1 aliphatic rings. The molecule has 1 unspecified atom stereocenters. The molecule has 31 heavy (non-hydrogen) atoms. The van der Waals surface area contributed by atoms with E-state index in [0.29, 0.717) is 17.9 Å². The number of hydrogen-bond donors (Lipinski definition) is 2. The summed E-state index contributed by atoms with van der Waals surface area (Å²) in [7, 11) is 1.62. The van der Waals surface area contributed by atoms with E-state index in [1.807, 2.05) is 50.2 Å². The molecule has 0 aromatic heterocycles. The van der Waals surface area contributed by atoms with Crippen molar-refractivity contribution in [2.45, 2.75) is 40.3 Å². The number of carbonyl (C=O) groups is 2. The molecule has 2 amide bonds. The number of benzene rings is 2. The number of nitrogens with one attached hydrogen (secondary N) is 2. The Morgan fingerprint density at radius 2 is 1.71 bits per heavy atom. The Labute approximate surface area is 182 Å². The zero-order valence-corrected chi connectivity index (χ0v) is 18.5. The summed E-state index contributed by atoms with van der Waals surface area (Å²) in [6.45, 7) is 8.03. The zero-order valence-electron chi connectivity index (χ0n) is 18.5. The van der Waals surface area contributed by atoms with Crippen molar-refractivity contribution in [1.82, 2.24) is 10.6 Å². The first-order valence-corrected chi connectivity index (χ1v) is 10.2. The Kier molecular flexibility index (Phi) is 6.84. The van der Waals surface area contributed by atoms with Gasteiger partial charge in [0.15, 0.2) is 0 Å². The summed E-state index contributed by atoms with van der Waals surface area (Å²) in [6, 6.07) is 10.4. The van der Waals surface area contributed by atoms with Crippen molar-refractivity contribution < 1.29 is 23.8 Å². The molecule has 0 saturated heterocycles. The molecule has 2 N–H and O–H groups in total. The van der Waals surface area contributed by atoms with Crippen molar-refractivity contribution in [1.29, 1.82) is 0 Å². The molecule has 1 atom stereocenters. The highest BCUT2D eigenvalue weighted by Crippen LogP contribution is 2.32. The fraction of sp³-hybridized carbons (Fsp3) is 0.333. The van der Waals surface area contributed by atoms with Crippen LogP contribution in [0.25, 0.3) is 0 Å². The number of ether oxygens (including phenoxy) is 3. The summed E-state index contributed by atoms with van der Waals surface area (Å²) in [5.41, 5.74) is 4.71. The van der Waals surface area contributed by atoms with Gasteiger partial charge in [-0.15, -0.1) is 0 Å². The van der Waals surface area contributed by atoms with E-state index in [0.717, 1.165) is 33.8 Å². The predicted octanol–water partition coefficient (Wildman–Crippen LogP) is 4.08. The van der Waals surface area contributed by atoms with E-state index in [2.05, 4.69) is 10.6 Å². The fourth-order valence-electron chi connectivity index (χ4n) is 3.62. The Hall–Kier alpha value is -3.48. The van der Waals surface area contributed by atoms with E-state index in [4.69, 9.17) is 14.2 Å².